The summed E-state index contributed by atoms with van der Waals surface area (Å²) >= 11 is 5.95. The summed E-state index contributed by atoms with van der Waals surface area (Å²) in [6, 6.07) is 8.01. The van der Waals surface area contributed by atoms with Crippen LogP contribution in [0.25, 0.3) is 0 Å². The molecule has 0 aliphatic heterocycles. The second-order valence-corrected chi connectivity index (χ2v) is 4.30. The van der Waals surface area contributed by atoms with E-state index >= 15 is 0 Å². The first-order valence-electron chi connectivity index (χ1n) is 4.89. The summed E-state index contributed by atoms with van der Waals surface area (Å²) in [6.45, 7) is 5.15. The molecule has 1 aromatic rings. The zero-order chi connectivity index (χ0) is 10.6. The highest BCUT2D eigenvalue weighted by Gasteiger charge is 2.15. The molecule has 0 amide bonds. The average Bonchev–Trinajstić information content (AvgIpc) is 2.13. The monoisotopic (exact) mass is 212 g/mol. The highest BCUT2D eigenvalue weighted by Crippen LogP contribution is 2.26. The predicted molar refractivity (Wildman–Crippen MR) is 60.9 cm³/mol. The molecule has 0 aliphatic carbocycles. The van der Waals surface area contributed by atoms with E-state index < -0.39 is 0 Å². The van der Waals surface area contributed by atoms with Crippen LogP contribution in [0.2, 0.25) is 5.02 Å². The van der Waals surface area contributed by atoms with Crippen molar-refractivity contribution in [3.63, 3.8) is 0 Å². The minimum atomic E-state index is 0.429. The van der Waals surface area contributed by atoms with Gasteiger partial charge >= 0.3 is 0 Å². The predicted octanol–water partition coefficient (Wildman–Crippen LogP) is 3.73. The van der Waals surface area contributed by atoms with Crippen LogP contribution >= 0.6 is 11.6 Å². The third-order valence-electron chi connectivity index (χ3n) is 2.43. The molecule has 0 spiro atoms. The van der Waals surface area contributed by atoms with Crippen molar-refractivity contribution < 1.29 is 4.74 Å². The van der Waals surface area contributed by atoms with E-state index in [9.17, 15) is 0 Å². The zero-order valence-electron chi connectivity index (χ0n) is 8.96. The summed E-state index contributed by atoms with van der Waals surface area (Å²) in [5, 5.41) is 0.796. The molecule has 78 valence electrons. The number of methoxy groups -OCH3 is 1. The molecular weight excluding hydrogens is 196 g/mol. The molecule has 0 saturated heterocycles. The number of hydrogen-bond donors (Lipinski definition) is 0. The minimum absolute atomic E-state index is 0.429. The number of rotatable bonds is 4. The second-order valence-electron chi connectivity index (χ2n) is 3.86. The van der Waals surface area contributed by atoms with Gasteiger partial charge in [-0.2, -0.15) is 0 Å². The summed E-state index contributed by atoms with van der Waals surface area (Å²) in [5.74, 6) is 0.993. The van der Waals surface area contributed by atoms with E-state index in [1.54, 1.807) is 7.11 Å². The molecule has 1 atom stereocenters. The zero-order valence-corrected chi connectivity index (χ0v) is 9.71. The smallest absolute Gasteiger partial charge is 0.0533 e. The van der Waals surface area contributed by atoms with Crippen LogP contribution in [0.15, 0.2) is 24.3 Å². The molecule has 0 N–H and O–H groups in total. The minimum Gasteiger partial charge on any atom is -0.384 e. The molecule has 1 aromatic carbocycles. The third-order valence-corrected chi connectivity index (χ3v) is 2.66. The molecule has 1 rings (SSSR count). The van der Waals surface area contributed by atoms with Crippen LogP contribution in [0.3, 0.4) is 0 Å². The van der Waals surface area contributed by atoms with Gasteiger partial charge < -0.3 is 4.74 Å². The fraction of sp³-hybridized carbons (Fsp3) is 0.500. The van der Waals surface area contributed by atoms with Crippen LogP contribution in [-0.2, 0) is 4.74 Å². The van der Waals surface area contributed by atoms with E-state index in [0.29, 0.717) is 11.8 Å². The molecule has 14 heavy (non-hydrogen) atoms. The van der Waals surface area contributed by atoms with Gasteiger partial charge in [-0.3, -0.25) is 0 Å². The van der Waals surface area contributed by atoms with Gasteiger partial charge in [0.05, 0.1) is 6.61 Å². The van der Waals surface area contributed by atoms with E-state index in [2.05, 4.69) is 19.9 Å². The van der Waals surface area contributed by atoms with Crippen molar-refractivity contribution in [2.45, 2.75) is 19.8 Å². The first-order valence-corrected chi connectivity index (χ1v) is 5.27. The summed E-state index contributed by atoms with van der Waals surface area (Å²) in [5.41, 5.74) is 1.26. The van der Waals surface area contributed by atoms with Crippen LogP contribution in [0.5, 0.6) is 0 Å². The maximum atomic E-state index is 5.95. The van der Waals surface area contributed by atoms with Crippen molar-refractivity contribution in [2.75, 3.05) is 13.7 Å². The second kappa shape index (κ2) is 5.38. The van der Waals surface area contributed by atoms with Gasteiger partial charge in [-0.1, -0.05) is 37.6 Å². The van der Waals surface area contributed by atoms with Gasteiger partial charge in [0.25, 0.3) is 0 Å². The van der Waals surface area contributed by atoms with Crippen molar-refractivity contribution in [1.29, 1.82) is 0 Å². The van der Waals surface area contributed by atoms with Gasteiger partial charge in [0.1, 0.15) is 0 Å². The maximum absolute atomic E-state index is 5.95. The van der Waals surface area contributed by atoms with Gasteiger partial charge in [0.15, 0.2) is 0 Å². The van der Waals surface area contributed by atoms with E-state index in [1.807, 2.05) is 18.2 Å². The largest absolute Gasteiger partial charge is 0.384 e. The molecule has 0 saturated carbocycles. The lowest BCUT2D eigenvalue weighted by Gasteiger charge is -2.20. The van der Waals surface area contributed by atoms with Gasteiger partial charge in [-0.15, -0.1) is 0 Å². The van der Waals surface area contributed by atoms with Gasteiger partial charge in [-0.05, 0) is 23.6 Å². The molecule has 0 radical (unpaired) electrons. The van der Waals surface area contributed by atoms with Crippen molar-refractivity contribution in [1.82, 2.24) is 0 Å². The van der Waals surface area contributed by atoms with E-state index in [-0.39, 0.29) is 0 Å². The molecule has 0 aliphatic rings. The fourth-order valence-corrected chi connectivity index (χ4v) is 1.79. The lowest BCUT2D eigenvalue weighted by atomic mass is 9.89. The number of halogens is 1. The molecule has 0 unspecified atom stereocenters. The van der Waals surface area contributed by atoms with Crippen LogP contribution in [0.4, 0.5) is 0 Å². The standard InChI is InChI=1S/C12H17ClO/c1-9(2)12(8-14-3)10-5-4-6-11(13)7-10/h4-7,9,12H,8H2,1-3H3/t12-/m0/s1. The first kappa shape index (κ1) is 11.5. The first-order chi connectivity index (χ1) is 6.65. The average molecular weight is 213 g/mol. The maximum Gasteiger partial charge on any atom is 0.0533 e. The Morgan fingerprint density at radius 1 is 1.36 bits per heavy atom. The Bertz CT molecular complexity index is 283. The normalized spacial score (nSPS) is 13.2. The van der Waals surface area contributed by atoms with Gasteiger partial charge in [0, 0.05) is 18.1 Å². The van der Waals surface area contributed by atoms with Crippen molar-refractivity contribution in [3.05, 3.63) is 34.9 Å². The highest BCUT2D eigenvalue weighted by atomic mass is 35.5. The quantitative estimate of drug-likeness (QED) is 0.739. The molecule has 0 fully saturated rings. The Morgan fingerprint density at radius 3 is 2.57 bits per heavy atom. The number of ether oxygens (including phenoxy) is 1. The molecule has 0 aromatic heterocycles. The van der Waals surface area contributed by atoms with Crippen molar-refractivity contribution >= 4 is 11.6 Å². The fourth-order valence-electron chi connectivity index (χ4n) is 1.59. The molecule has 0 heterocycles. The Morgan fingerprint density at radius 2 is 2.07 bits per heavy atom. The van der Waals surface area contributed by atoms with Gasteiger partial charge in [-0.25, -0.2) is 0 Å². The van der Waals surface area contributed by atoms with Crippen LogP contribution < -0.4 is 0 Å². The SMILES string of the molecule is COC[C@H](c1cccc(Cl)c1)C(C)C. The van der Waals surface area contributed by atoms with Crippen LogP contribution in [0, 0.1) is 5.92 Å². The lowest BCUT2D eigenvalue weighted by molar-refractivity contribution is 0.162. The van der Waals surface area contributed by atoms with E-state index in [1.165, 1.54) is 5.56 Å². The number of benzene rings is 1. The number of hydrogen-bond acceptors (Lipinski definition) is 1. The topological polar surface area (TPSA) is 9.23 Å². The molecule has 0 bridgehead atoms. The van der Waals surface area contributed by atoms with E-state index in [4.69, 9.17) is 16.3 Å². The summed E-state index contributed by atoms with van der Waals surface area (Å²) in [6.07, 6.45) is 0. The van der Waals surface area contributed by atoms with Gasteiger partial charge in [0.2, 0.25) is 0 Å². The lowest BCUT2D eigenvalue weighted by Crippen LogP contribution is -2.12. The Kier molecular flexibility index (Phi) is 4.43. The molecule has 1 nitrogen and oxygen atoms in total. The van der Waals surface area contributed by atoms with Crippen molar-refractivity contribution in [3.8, 4) is 0 Å². The molecule has 2 heteroatoms. The van der Waals surface area contributed by atoms with Crippen LogP contribution in [-0.4, -0.2) is 13.7 Å². The highest BCUT2D eigenvalue weighted by molar-refractivity contribution is 6.30. The Labute approximate surface area is 91.0 Å². The summed E-state index contributed by atoms with van der Waals surface area (Å²) in [7, 11) is 1.74. The Balaban J connectivity index is 2.87. The summed E-state index contributed by atoms with van der Waals surface area (Å²) < 4.78 is 5.22. The molecular formula is C12H17ClO. The van der Waals surface area contributed by atoms with E-state index in [0.717, 1.165) is 11.6 Å². The van der Waals surface area contributed by atoms with Crippen molar-refractivity contribution in [2.24, 2.45) is 5.92 Å². The Hall–Kier alpha value is -0.530. The third kappa shape index (κ3) is 3.00. The summed E-state index contributed by atoms with van der Waals surface area (Å²) in [4.78, 5) is 0. The van der Waals surface area contributed by atoms with Crippen LogP contribution in [0.1, 0.15) is 25.3 Å².